The number of sulfonamides is 2. The van der Waals surface area contributed by atoms with Gasteiger partial charge in [0.25, 0.3) is 0 Å². The Hall–Kier alpha value is -0.960. The Morgan fingerprint density at radius 1 is 0.731 bits per heavy atom. The van der Waals surface area contributed by atoms with Gasteiger partial charge in [0.05, 0.1) is 9.79 Å². The molecule has 2 aliphatic rings. The SMILES string of the molecule is CC1CCCCC1NS(=O)(=O)c1ccc(S(=O)(=O)NC2CCCC2)cc1. The van der Waals surface area contributed by atoms with Gasteiger partial charge in [-0.25, -0.2) is 26.3 Å². The molecule has 0 heterocycles. The summed E-state index contributed by atoms with van der Waals surface area (Å²) in [5.74, 6) is 0.314. The largest absolute Gasteiger partial charge is 0.240 e. The van der Waals surface area contributed by atoms with Crippen molar-refractivity contribution in [2.24, 2.45) is 5.92 Å². The number of nitrogens with one attached hydrogen (secondary N) is 2. The van der Waals surface area contributed by atoms with E-state index in [9.17, 15) is 16.8 Å². The van der Waals surface area contributed by atoms with Crippen LogP contribution in [0.1, 0.15) is 58.3 Å². The summed E-state index contributed by atoms with van der Waals surface area (Å²) >= 11 is 0. The summed E-state index contributed by atoms with van der Waals surface area (Å²) in [5.41, 5.74) is 0. The molecule has 2 fully saturated rings. The lowest BCUT2D eigenvalue weighted by Crippen LogP contribution is -2.41. The van der Waals surface area contributed by atoms with Crippen LogP contribution in [0.2, 0.25) is 0 Å². The fraction of sp³-hybridized carbons (Fsp3) is 0.667. The molecule has 3 rings (SSSR count). The second-order valence-electron chi connectivity index (χ2n) is 7.56. The van der Waals surface area contributed by atoms with Crippen molar-refractivity contribution in [3.63, 3.8) is 0 Å². The summed E-state index contributed by atoms with van der Waals surface area (Å²) in [6.45, 7) is 2.07. The van der Waals surface area contributed by atoms with Crippen LogP contribution in [0.15, 0.2) is 34.1 Å². The highest BCUT2D eigenvalue weighted by atomic mass is 32.2. The fourth-order valence-electron chi connectivity index (χ4n) is 3.89. The second-order valence-corrected chi connectivity index (χ2v) is 11.0. The van der Waals surface area contributed by atoms with E-state index in [-0.39, 0.29) is 21.9 Å². The van der Waals surface area contributed by atoms with Crippen molar-refractivity contribution in [3.8, 4) is 0 Å². The van der Waals surface area contributed by atoms with Gasteiger partial charge in [0.15, 0.2) is 0 Å². The third kappa shape index (κ3) is 4.65. The molecule has 2 N–H and O–H groups in total. The molecule has 26 heavy (non-hydrogen) atoms. The van der Waals surface area contributed by atoms with Crippen molar-refractivity contribution in [3.05, 3.63) is 24.3 Å². The summed E-state index contributed by atoms with van der Waals surface area (Å²) in [7, 11) is -7.25. The van der Waals surface area contributed by atoms with E-state index in [0.717, 1.165) is 51.4 Å². The van der Waals surface area contributed by atoms with E-state index in [2.05, 4.69) is 16.4 Å². The standard InChI is InChI=1S/C18H28N2O4S2/c1-14-6-2-5-9-18(14)20-26(23,24)17-12-10-16(11-13-17)25(21,22)19-15-7-3-4-8-15/h10-15,18-20H,2-9H2,1H3. The average molecular weight is 401 g/mol. The van der Waals surface area contributed by atoms with Gasteiger partial charge < -0.3 is 0 Å². The summed E-state index contributed by atoms with van der Waals surface area (Å²) < 4.78 is 55.6. The Kier molecular flexibility index (Phi) is 6.06. The van der Waals surface area contributed by atoms with Crippen LogP contribution in [0.5, 0.6) is 0 Å². The van der Waals surface area contributed by atoms with Crippen LogP contribution in [0, 0.1) is 5.92 Å². The molecule has 2 saturated carbocycles. The van der Waals surface area contributed by atoms with E-state index in [1.165, 1.54) is 24.3 Å². The van der Waals surface area contributed by atoms with Crippen LogP contribution in [-0.2, 0) is 20.0 Å². The fourth-order valence-corrected chi connectivity index (χ4v) is 6.57. The molecule has 2 unspecified atom stereocenters. The quantitative estimate of drug-likeness (QED) is 0.768. The van der Waals surface area contributed by atoms with Crippen molar-refractivity contribution in [2.45, 2.75) is 80.2 Å². The summed E-state index contributed by atoms with van der Waals surface area (Å²) in [6.07, 6.45) is 7.83. The lowest BCUT2D eigenvalue weighted by atomic mass is 9.87. The van der Waals surface area contributed by atoms with Gasteiger partial charge in [0, 0.05) is 12.1 Å². The first-order valence-corrected chi connectivity index (χ1v) is 12.4. The van der Waals surface area contributed by atoms with Crippen molar-refractivity contribution in [1.82, 2.24) is 9.44 Å². The lowest BCUT2D eigenvalue weighted by molar-refractivity contribution is 0.310. The molecule has 0 spiro atoms. The molecular weight excluding hydrogens is 372 g/mol. The molecule has 1 aromatic carbocycles. The molecule has 0 aromatic heterocycles. The summed E-state index contributed by atoms with van der Waals surface area (Å²) in [4.78, 5) is 0.212. The maximum atomic E-state index is 12.6. The molecule has 1 aromatic rings. The minimum Gasteiger partial charge on any atom is -0.208 e. The number of benzene rings is 1. The summed E-state index contributed by atoms with van der Waals surface area (Å²) in [6, 6.07) is 5.42. The van der Waals surface area contributed by atoms with Crippen LogP contribution in [-0.4, -0.2) is 28.9 Å². The molecule has 0 aliphatic heterocycles. The molecule has 0 amide bonds. The number of rotatable bonds is 6. The molecule has 2 aliphatic carbocycles. The highest BCUT2D eigenvalue weighted by Gasteiger charge is 2.27. The topological polar surface area (TPSA) is 92.3 Å². The molecular formula is C18H28N2O4S2. The molecule has 6 nitrogen and oxygen atoms in total. The van der Waals surface area contributed by atoms with Crippen LogP contribution < -0.4 is 9.44 Å². The second kappa shape index (κ2) is 7.96. The Morgan fingerprint density at radius 2 is 1.19 bits per heavy atom. The van der Waals surface area contributed by atoms with Crippen molar-refractivity contribution in [1.29, 1.82) is 0 Å². The van der Waals surface area contributed by atoms with Crippen LogP contribution >= 0.6 is 0 Å². The zero-order chi connectivity index (χ0) is 18.8. The Balaban J connectivity index is 1.71. The van der Waals surface area contributed by atoms with E-state index in [0.29, 0.717) is 5.92 Å². The van der Waals surface area contributed by atoms with E-state index in [1.54, 1.807) is 0 Å². The van der Waals surface area contributed by atoms with Crippen LogP contribution in [0.3, 0.4) is 0 Å². The third-order valence-electron chi connectivity index (χ3n) is 5.54. The monoisotopic (exact) mass is 400 g/mol. The van der Waals surface area contributed by atoms with Crippen LogP contribution in [0.4, 0.5) is 0 Å². The van der Waals surface area contributed by atoms with Crippen molar-refractivity contribution < 1.29 is 16.8 Å². The average Bonchev–Trinajstić information content (AvgIpc) is 3.09. The maximum absolute atomic E-state index is 12.6. The zero-order valence-electron chi connectivity index (χ0n) is 15.1. The van der Waals surface area contributed by atoms with E-state index < -0.39 is 20.0 Å². The van der Waals surface area contributed by atoms with E-state index >= 15 is 0 Å². The van der Waals surface area contributed by atoms with E-state index in [1.807, 2.05) is 0 Å². The van der Waals surface area contributed by atoms with Gasteiger partial charge in [-0.3, -0.25) is 0 Å². The number of hydrogen-bond acceptors (Lipinski definition) is 4. The van der Waals surface area contributed by atoms with Gasteiger partial charge in [0.1, 0.15) is 0 Å². The predicted octanol–water partition coefficient (Wildman–Crippen LogP) is 2.76. The number of hydrogen-bond donors (Lipinski definition) is 2. The van der Waals surface area contributed by atoms with Gasteiger partial charge in [-0.15, -0.1) is 0 Å². The van der Waals surface area contributed by atoms with Crippen molar-refractivity contribution >= 4 is 20.0 Å². The predicted molar refractivity (Wildman–Crippen MR) is 101 cm³/mol. The summed E-state index contributed by atoms with van der Waals surface area (Å²) in [5, 5.41) is 0. The van der Waals surface area contributed by atoms with Gasteiger partial charge >= 0.3 is 0 Å². The minimum absolute atomic E-state index is 0.0159. The molecule has 0 radical (unpaired) electrons. The lowest BCUT2D eigenvalue weighted by Gasteiger charge is -2.29. The first kappa shape index (κ1) is 19.8. The highest BCUT2D eigenvalue weighted by Crippen LogP contribution is 2.26. The molecule has 8 heteroatoms. The van der Waals surface area contributed by atoms with Gasteiger partial charge in [-0.05, 0) is 55.9 Å². The van der Waals surface area contributed by atoms with Crippen molar-refractivity contribution in [2.75, 3.05) is 0 Å². The molecule has 0 saturated heterocycles. The highest BCUT2D eigenvalue weighted by molar-refractivity contribution is 7.90. The third-order valence-corrected chi connectivity index (χ3v) is 8.58. The first-order valence-electron chi connectivity index (χ1n) is 9.43. The van der Waals surface area contributed by atoms with Crippen LogP contribution in [0.25, 0.3) is 0 Å². The Morgan fingerprint density at radius 3 is 1.73 bits per heavy atom. The van der Waals surface area contributed by atoms with Gasteiger partial charge in [-0.1, -0.05) is 32.6 Å². The first-order chi connectivity index (χ1) is 12.3. The van der Waals surface area contributed by atoms with Gasteiger partial charge in [-0.2, -0.15) is 0 Å². The minimum atomic E-state index is -3.64. The Bertz CT molecular complexity index is 813. The molecule has 0 bridgehead atoms. The maximum Gasteiger partial charge on any atom is 0.240 e. The normalized spacial score (nSPS) is 25.4. The Labute approximate surface area is 156 Å². The molecule has 2 atom stereocenters. The molecule has 146 valence electrons. The smallest absolute Gasteiger partial charge is 0.208 e. The van der Waals surface area contributed by atoms with Gasteiger partial charge in [0.2, 0.25) is 20.0 Å². The zero-order valence-corrected chi connectivity index (χ0v) is 16.8. The van der Waals surface area contributed by atoms with E-state index in [4.69, 9.17) is 0 Å².